The molecule has 4 aliphatic rings. The van der Waals surface area contributed by atoms with E-state index in [1.807, 2.05) is 0 Å². The van der Waals surface area contributed by atoms with E-state index in [-0.39, 0.29) is 6.85 Å². The standard InChI is InChI=1S/C58H32BN5O2/c1-3-15-35(16-4-1)62-42-26-28-46-48(38-20-8-10-24-44(38)66-46)55(42)64-58-50(40-22-12-14-34-30-32-61(64)53(34)40)56-51-49(57(58)62)39-21-11-13-33-29-31-60(52(33)39)59(51)41-25-27-45-47(37-19-7-9-23-43(37)65-45)54(41)63(56)36-17-5-2-6-18-36/h1-32H. The second kappa shape index (κ2) is 11.6. The van der Waals surface area contributed by atoms with Gasteiger partial charge in [-0.25, -0.2) is 4.68 Å². The molecule has 8 heteroatoms. The molecule has 66 heavy (non-hydrogen) atoms. The summed E-state index contributed by atoms with van der Waals surface area (Å²) in [4.78, 5) is 2.59. The van der Waals surface area contributed by atoms with E-state index in [9.17, 15) is 0 Å². The number of fused-ring (bicyclic) bond motifs is 18. The van der Waals surface area contributed by atoms with Crippen LogP contribution in [0.15, 0.2) is 203 Å². The predicted molar refractivity (Wildman–Crippen MR) is 270 cm³/mol. The normalized spacial score (nSPS) is 13.4. The zero-order valence-electron chi connectivity index (χ0n) is 35.1. The van der Waals surface area contributed by atoms with Gasteiger partial charge in [0.2, 0.25) is 0 Å². The van der Waals surface area contributed by atoms with Crippen LogP contribution in [-0.4, -0.2) is 25.1 Å². The van der Waals surface area contributed by atoms with Gasteiger partial charge in [-0.2, -0.15) is 0 Å². The average molecular weight is 842 g/mol. The van der Waals surface area contributed by atoms with Crippen molar-refractivity contribution in [2.45, 2.75) is 0 Å². The van der Waals surface area contributed by atoms with Crippen LogP contribution in [0.3, 0.4) is 0 Å². The van der Waals surface area contributed by atoms with Crippen LogP contribution in [0.1, 0.15) is 0 Å². The van der Waals surface area contributed by atoms with E-state index in [0.717, 1.165) is 88.7 Å². The molecule has 0 N–H and O–H groups in total. The fourth-order valence-electron chi connectivity index (χ4n) is 12.5. The van der Waals surface area contributed by atoms with E-state index in [2.05, 4.69) is 218 Å². The lowest BCUT2D eigenvalue weighted by Crippen LogP contribution is -2.57. The van der Waals surface area contributed by atoms with Crippen molar-refractivity contribution in [3.63, 3.8) is 0 Å². The Morgan fingerprint density at radius 1 is 0.409 bits per heavy atom. The Labute approximate surface area is 375 Å². The molecule has 8 heterocycles. The molecule has 13 aromatic rings. The van der Waals surface area contributed by atoms with Crippen molar-refractivity contribution in [2.75, 3.05) is 4.90 Å². The summed E-state index contributed by atoms with van der Waals surface area (Å²) in [6, 6.07) is 66.2. The summed E-state index contributed by atoms with van der Waals surface area (Å²) in [5, 5.41) is 9.15. The minimum absolute atomic E-state index is 0.169. The van der Waals surface area contributed by atoms with E-state index >= 15 is 0 Å². The van der Waals surface area contributed by atoms with Gasteiger partial charge in [0.25, 0.3) is 0 Å². The van der Waals surface area contributed by atoms with Gasteiger partial charge < -0.3 is 22.8 Å². The fraction of sp³-hybridized carbons (Fsp3) is 0. The molecular formula is C58H32BN5O2. The quantitative estimate of drug-likeness (QED) is 0.0990. The van der Waals surface area contributed by atoms with Crippen LogP contribution in [-0.2, 0) is 0 Å². The molecule has 0 spiro atoms. The van der Waals surface area contributed by atoms with Crippen LogP contribution < -0.4 is 15.8 Å². The molecule has 0 amide bonds. The molecule has 0 fully saturated rings. The van der Waals surface area contributed by atoms with Gasteiger partial charge in [-0.05, 0) is 89.2 Å². The fourth-order valence-corrected chi connectivity index (χ4v) is 12.5. The highest BCUT2D eigenvalue weighted by molar-refractivity contribution is 6.90. The monoisotopic (exact) mass is 841 g/mol. The lowest BCUT2D eigenvalue weighted by Gasteiger charge is -2.43. The minimum atomic E-state index is -0.169. The van der Waals surface area contributed by atoms with Crippen LogP contribution in [0, 0.1) is 0 Å². The zero-order valence-corrected chi connectivity index (χ0v) is 35.1. The highest BCUT2D eigenvalue weighted by Crippen LogP contribution is 2.55. The van der Waals surface area contributed by atoms with Crippen molar-refractivity contribution in [1.29, 1.82) is 0 Å². The Bertz CT molecular complexity index is 4600. The number of hydrogen-bond donors (Lipinski definition) is 0. The molecule has 0 unspecified atom stereocenters. The van der Waals surface area contributed by atoms with Gasteiger partial charge in [0.15, 0.2) is 0 Å². The van der Waals surface area contributed by atoms with Crippen LogP contribution in [0.2, 0.25) is 0 Å². The molecule has 0 saturated heterocycles. The average Bonchev–Trinajstić information content (AvgIpc) is 4.18. The number of aromatic nitrogens is 4. The van der Waals surface area contributed by atoms with Crippen molar-refractivity contribution in [1.82, 2.24) is 18.2 Å². The maximum atomic E-state index is 6.76. The molecule has 0 radical (unpaired) electrons. The Morgan fingerprint density at radius 3 is 1.86 bits per heavy atom. The van der Waals surface area contributed by atoms with Gasteiger partial charge in [-0.15, -0.1) is 0 Å². The molecule has 304 valence electrons. The smallest absolute Gasteiger partial charge is 0.332 e. The first kappa shape index (κ1) is 33.7. The molecule has 0 atom stereocenters. The number of para-hydroxylation sites is 6. The third kappa shape index (κ3) is 3.84. The molecule has 4 aromatic heterocycles. The van der Waals surface area contributed by atoms with Crippen molar-refractivity contribution in [3.8, 4) is 22.5 Å². The number of anilines is 3. The summed E-state index contributed by atoms with van der Waals surface area (Å²) < 4.78 is 23.6. The number of nitrogens with zero attached hydrogens (tertiary/aromatic N) is 5. The predicted octanol–water partition coefficient (Wildman–Crippen LogP) is 13.6. The maximum Gasteiger partial charge on any atom is 0.332 e. The van der Waals surface area contributed by atoms with Gasteiger partial charge in [0, 0.05) is 61.1 Å². The number of hydrogen-bond acceptors (Lipinski definition) is 3. The van der Waals surface area contributed by atoms with Crippen LogP contribution in [0.4, 0.5) is 17.1 Å². The highest BCUT2D eigenvalue weighted by Gasteiger charge is 2.47. The Kier molecular flexibility index (Phi) is 5.93. The lowest BCUT2D eigenvalue weighted by molar-refractivity contribution is 0.668. The van der Waals surface area contributed by atoms with Gasteiger partial charge in [-0.1, -0.05) is 115 Å². The molecule has 0 saturated carbocycles. The first-order valence-electron chi connectivity index (χ1n) is 22.6. The molecule has 17 rings (SSSR count). The maximum absolute atomic E-state index is 6.76. The van der Waals surface area contributed by atoms with E-state index < -0.39 is 0 Å². The second-order valence-electron chi connectivity index (χ2n) is 18.0. The summed E-state index contributed by atoms with van der Waals surface area (Å²) in [5.41, 5.74) is 19.8. The van der Waals surface area contributed by atoms with Crippen molar-refractivity contribution < 1.29 is 8.83 Å². The number of rotatable bonds is 2. The third-order valence-corrected chi connectivity index (χ3v) is 14.9. The van der Waals surface area contributed by atoms with E-state index in [1.165, 1.54) is 54.8 Å². The van der Waals surface area contributed by atoms with Gasteiger partial charge >= 0.3 is 6.85 Å². The summed E-state index contributed by atoms with van der Waals surface area (Å²) in [6.07, 6.45) is 4.58. The van der Waals surface area contributed by atoms with E-state index in [0.29, 0.717) is 0 Å². The molecule has 4 aliphatic heterocycles. The van der Waals surface area contributed by atoms with Gasteiger partial charge in [0.1, 0.15) is 22.3 Å². The lowest BCUT2D eigenvalue weighted by atomic mass is 9.44. The first-order chi connectivity index (χ1) is 32.8. The molecular weight excluding hydrogens is 809 g/mol. The topological polar surface area (TPSA) is 48.7 Å². The van der Waals surface area contributed by atoms with Crippen molar-refractivity contribution in [3.05, 3.63) is 194 Å². The highest BCUT2D eigenvalue weighted by atomic mass is 16.3. The summed E-state index contributed by atoms with van der Waals surface area (Å²) >= 11 is 0. The SMILES string of the molecule is c1ccc(N2c3c4c(c5c6c3c3cccc7ccn(c73)n-6c3c6c(ccc3n5-c3ccccc3)oc3ccccc36)-c3cccc5ccn(c35)B4c3ccc4oc5ccccc5c4c32)cc1. The molecule has 7 nitrogen and oxygen atoms in total. The largest absolute Gasteiger partial charge is 0.456 e. The van der Waals surface area contributed by atoms with Crippen LogP contribution in [0.25, 0.3) is 116 Å². The zero-order chi connectivity index (χ0) is 42.5. The Balaban J connectivity index is 1.23. The minimum Gasteiger partial charge on any atom is -0.456 e. The molecule has 0 bridgehead atoms. The number of furan rings is 2. The van der Waals surface area contributed by atoms with Crippen molar-refractivity contribution >= 4 is 128 Å². The van der Waals surface area contributed by atoms with Gasteiger partial charge in [-0.3, -0.25) is 4.52 Å². The molecule has 9 aromatic carbocycles. The molecule has 0 aliphatic carbocycles. The van der Waals surface area contributed by atoms with E-state index in [4.69, 9.17) is 8.83 Å². The van der Waals surface area contributed by atoms with Crippen molar-refractivity contribution in [2.24, 2.45) is 0 Å². The second-order valence-corrected chi connectivity index (χ2v) is 18.0. The summed E-state index contributed by atoms with van der Waals surface area (Å²) in [7, 11) is 0. The number of benzene rings is 9. The van der Waals surface area contributed by atoms with Crippen LogP contribution in [0.5, 0.6) is 0 Å². The van der Waals surface area contributed by atoms with Gasteiger partial charge in [0.05, 0.1) is 49.9 Å². The summed E-state index contributed by atoms with van der Waals surface area (Å²) in [6.45, 7) is -0.169. The first-order valence-corrected chi connectivity index (χ1v) is 22.6. The Hall–Kier alpha value is -8.88. The Morgan fingerprint density at radius 2 is 1.06 bits per heavy atom. The van der Waals surface area contributed by atoms with Crippen LogP contribution >= 0.6 is 0 Å². The van der Waals surface area contributed by atoms with E-state index in [1.54, 1.807) is 0 Å². The third-order valence-electron chi connectivity index (χ3n) is 14.9. The summed E-state index contributed by atoms with van der Waals surface area (Å²) in [5.74, 6) is 0.